The molecule has 0 radical (unpaired) electrons. The van der Waals surface area contributed by atoms with Crippen LogP contribution in [-0.4, -0.2) is 47.5 Å². The van der Waals surface area contributed by atoms with Crippen molar-refractivity contribution in [1.82, 2.24) is 10.3 Å². The summed E-state index contributed by atoms with van der Waals surface area (Å²) < 4.78 is 0.586. The topological polar surface area (TPSA) is 111 Å². The second-order valence-corrected chi connectivity index (χ2v) is 9.92. The summed E-state index contributed by atoms with van der Waals surface area (Å²) >= 11 is 1.19. The molecule has 2 aromatic heterocycles. The fourth-order valence-corrected chi connectivity index (χ4v) is 4.99. The number of aryl methyl sites for hydroxylation is 1. The quantitative estimate of drug-likeness (QED) is 0.172. The number of rotatable bonds is 7. The molecule has 2 aromatic carbocycles. The molecule has 4 aromatic rings. The first kappa shape index (κ1) is 25.4. The minimum Gasteiger partial charge on any atom is -1.00 e. The number of hydrogen-bond donors (Lipinski definition) is 2. The molecule has 0 unspecified atom stereocenters. The van der Waals surface area contributed by atoms with E-state index in [0.29, 0.717) is 40.9 Å². The molecule has 10 heteroatoms. The minimum absolute atomic E-state index is 0. The largest absolute Gasteiger partial charge is 1.00 e. The lowest BCUT2D eigenvalue weighted by Crippen LogP contribution is -3.00. The van der Waals surface area contributed by atoms with Gasteiger partial charge in [-0.25, -0.2) is 4.98 Å². The molecule has 3 N–H and O–H groups in total. The number of benzene rings is 2. The Kier molecular flexibility index (Phi) is 7.40. The molecule has 0 atom stereocenters. The van der Waals surface area contributed by atoms with Gasteiger partial charge < -0.3 is 27.9 Å². The Hall–Kier alpha value is -3.27. The number of pyridine rings is 1. The summed E-state index contributed by atoms with van der Waals surface area (Å²) in [5.74, 6) is -0.202. The van der Waals surface area contributed by atoms with Gasteiger partial charge in [0.1, 0.15) is 6.54 Å². The highest BCUT2D eigenvalue weighted by Crippen LogP contribution is 2.31. The zero-order chi connectivity index (χ0) is 23.8. The van der Waals surface area contributed by atoms with E-state index in [1.807, 2.05) is 51.4 Å². The van der Waals surface area contributed by atoms with Gasteiger partial charge in [0.25, 0.3) is 5.91 Å². The predicted octanol–water partition coefficient (Wildman–Crippen LogP) is 1.26. The standard InChI is InChI=1S/C24H25N5O3S.ClH/c1-15-6-4-7-17-21(25)18-8-5-9-19(23(18)27-22(15)17)24(30)26-12-13-29(2,3)14-16-10-11-20(33-16)28(31)32;/h4-11H,12-14H2,1-3H3,(H2-,25,26,27,30);1H. The minimum atomic E-state index is -0.371. The second-order valence-electron chi connectivity index (χ2n) is 8.77. The van der Waals surface area contributed by atoms with Crippen molar-refractivity contribution in [1.29, 1.82) is 0 Å². The summed E-state index contributed by atoms with van der Waals surface area (Å²) in [6, 6.07) is 14.7. The molecule has 0 saturated heterocycles. The normalized spacial score (nSPS) is 11.4. The van der Waals surface area contributed by atoms with Crippen molar-refractivity contribution < 1.29 is 26.6 Å². The van der Waals surface area contributed by atoms with E-state index in [-0.39, 0.29) is 28.2 Å². The maximum Gasteiger partial charge on any atom is 0.324 e. The molecule has 1 amide bonds. The summed E-state index contributed by atoms with van der Waals surface area (Å²) in [6.07, 6.45) is 0. The van der Waals surface area contributed by atoms with Crippen molar-refractivity contribution in [3.8, 4) is 0 Å². The van der Waals surface area contributed by atoms with Gasteiger partial charge in [-0.05, 0) is 24.6 Å². The van der Waals surface area contributed by atoms with E-state index < -0.39 is 0 Å². The van der Waals surface area contributed by atoms with Gasteiger partial charge in [0.15, 0.2) is 0 Å². The molecule has 34 heavy (non-hydrogen) atoms. The van der Waals surface area contributed by atoms with Crippen LogP contribution < -0.4 is 23.5 Å². The number of para-hydroxylation sites is 2. The van der Waals surface area contributed by atoms with E-state index >= 15 is 0 Å². The second kappa shape index (κ2) is 9.92. The number of nitrogen functional groups attached to an aromatic ring is 1. The summed E-state index contributed by atoms with van der Waals surface area (Å²) in [4.78, 5) is 29.3. The van der Waals surface area contributed by atoms with Crippen LogP contribution in [0, 0.1) is 17.0 Å². The smallest absolute Gasteiger partial charge is 0.324 e. The first-order chi connectivity index (χ1) is 15.7. The van der Waals surface area contributed by atoms with Gasteiger partial charge in [0.05, 0.1) is 59.3 Å². The van der Waals surface area contributed by atoms with E-state index in [0.717, 1.165) is 26.7 Å². The summed E-state index contributed by atoms with van der Waals surface area (Å²) in [5, 5.41) is 15.7. The van der Waals surface area contributed by atoms with Crippen LogP contribution in [0.1, 0.15) is 20.8 Å². The number of amides is 1. The van der Waals surface area contributed by atoms with E-state index in [1.54, 1.807) is 12.1 Å². The fourth-order valence-electron chi connectivity index (χ4n) is 3.96. The summed E-state index contributed by atoms with van der Waals surface area (Å²) in [6.45, 7) is 3.75. The number of fused-ring (bicyclic) bond motifs is 2. The zero-order valence-corrected chi connectivity index (χ0v) is 20.7. The number of anilines is 1. The average Bonchev–Trinajstić information content (AvgIpc) is 3.22. The van der Waals surface area contributed by atoms with Crippen LogP contribution in [0.3, 0.4) is 0 Å². The molecular formula is C24H26ClN5O3S. The van der Waals surface area contributed by atoms with Crippen molar-refractivity contribution in [2.24, 2.45) is 0 Å². The summed E-state index contributed by atoms with van der Waals surface area (Å²) in [5.41, 5.74) is 9.93. The maximum absolute atomic E-state index is 13.0. The number of nitrogens with two attached hydrogens (primary N) is 1. The zero-order valence-electron chi connectivity index (χ0n) is 19.2. The van der Waals surface area contributed by atoms with Gasteiger partial charge in [-0.1, -0.05) is 41.7 Å². The lowest BCUT2D eigenvalue weighted by atomic mass is 10.0. The summed E-state index contributed by atoms with van der Waals surface area (Å²) in [7, 11) is 4.07. The number of aromatic nitrogens is 1. The number of nitrogens with zero attached hydrogens (tertiary/aromatic N) is 3. The van der Waals surface area contributed by atoms with Gasteiger partial charge >= 0.3 is 5.00 Å². The third-order valence-electron chi connectivity index (χ3n) is 5.74. The highest BCUT2D eigenvalue weighted by molar-refractivity contribution is 7.15. The van der Waals surface area contributed by atoms with Crippen molar-refractivity contribution in [2.45, 2.75) is 13.5 Å². The molecular weight excluding hydrogens is 474 g/mol. The Labute approximate surface area is 207 Å². The van der Waals surface area contributed by atoms with Crippen molar-refractivity contribution in [3.05, 3.63) is 74.6 Å². The van der Waals surface area contributed by atoms with Gasteiger partial charge in [-0.15, -0.1) is 0 Å². The van der Waals surface area contributed by atoms with Crippen LogP contribution in [0.4, 0.5) is 10.7 Å². The molecule has 4 rings (SSSR count). The highest BCUT2D eigenvalue weighted by atomic mass is 35.5. The monoisotopic (exact) mass is 499 g/mol. The molecule has 178 valence electrons. The molecule has 0 fully saturated rings. The average molecular weight is 500 g/mol. The predicted molar refractivity (Wildman–Crippen MR) is 132 cm³/mol. The van der Waals surface area contributed by atoms with Gasteiger partial charge in [-0.3, -0.25) is 14.9 Å². The molecule has 0 bridgehead atoms. The number of nitro groups is 1. The lowest BCUT2D eigenvalue weighted by Gasteiger charge is -2.29. The van der Waals surface area contributed by atoms with Crippen LogP contribution in [-0.2, 0) is 6.54 Å². The van der Waals surface area contributed by atoms with Crippen molar-refractivity contribution >= 4 is 49.7 Å². The maximum atomic E-state index is 13.0. The Bertz CT molecular complexity index is 1390. The fraction of sp³-hybridized carbons (Fsp3) is 0.250. The van der Waals surface area contributed by atoms with E-state index in [1.165, 1.54) is 17.4 Å². The van der Waals surface area contributed by atoms with Gasteiger partial charge in [0, 0.05) is 16.8 Å². The number of carbonyl (C=O) groups excluding carboxylic acids is 1. The van der Waals surface area contributed by atoms with Crippen LogP contribution >= 0.6 is 11.3 Å². The number of likely N-dealkylation sites (N-methyl/N-ethyl adjacent to an activating group) is 1. The van der Waals surface area contributed by atoms with E-state index in [2.05, 4.69) is 5.32 Å². The van der Waals surface area contributed by atoms with Crippen molar-refractivity contribution in [2.75, 3.05) is 32.9 Å². The Balaban J connectivity index is 0.00000324. The Morgan fingerprint density at radius 2 is 1.79 bits per heavy atom. The third kappa shape index (κ3) is 5.11. The lowest BCUT2D eigenvalue weighted by molar-refractivity contribution is -0.902. The van der Waals surface area contributed by atoms with Crippen LogP contribution in [0.2, 0.25) is 0 Å². The van der Waals surface area contributed by atoms with E-state index in [4.69, 9.17) is 10.7 Å². The first-order valence-electron chi connectivity index (χ1n) is 10.6. The van der Waals surface area contributed by atoms with Crippen LogP contribution in [0.5, 0.6) is 0 Å². The SMILES string of the molecule is Cc1cccc2c(N)c3cccc(C(=O)NCC[N+](C)(C)Cc4ccc([N+](=O)[O-])s4)c3nc12.[Cl-]. The van der Waals surface area contributed by atoms with Crippen molar-refractivity contribution in [3.63, 3.8) is 0 Å². The van der Waals surface area contributed by atoms with Crippen LogP contribution in [0.25, 0.3) is 21.8 Å². The number of hydrogen-bond acceptors (Lipinski definition) is 6. The van der Waals surface area contributed by atoms with Crippen LogP contribution in [0.15, 0.2) is 48.5 Å². The number of thiophene rings is 1. The third-order valence-corrected chi connectivity index (χ3v) is 6.76. The number of quaternary nitrogens is 1. The molecule has 0 aliphatic rings. The van der Waals surface area contributed by atoms with Gasteiger partial charge in [-0.2, -0.15) is 0 Å². The first-order valence-corrected chi connectivity index (χ1v) is 11.4. The molecule has 0 saturated carbocycles. The molecule has 2 heterocycles. The molecule has 0 aliphatic heterocycles. The number of nitrogens with one attached hydrogen (secondary N) is 1. The number of carbonyl (C=O) groups is 1. The molecule has 8 nitrogen and oxygen atoms in total. The van der Waals surface area contributed by atoms with Gasteiger partial charge in [0.2, 0.25) is 0 Å². The Morgan fingerprint density at radius 1 is 1.12 bits per heavy atom. The molecule has 0 spiro atoms. The Morgan fingerprint density at radius 3 is 2.47 bits per heavy atom. The van der Waals surface area contributed by atoms with E-state index in [9.17, 15) is 14.9 Å². The highest BCUT2D eigenvalue weighted by Gasteiger charge is 2.21. The molecule has 0 aliphatic carbocycles. The number of halogens is 1.